The third-order valence-electron chi connectivity index (χ3n) is 1.81. The predicted octanol–water partition coefficient (Wildman–Crippen LogP) is -0.759. The van der Waals surface area contributed by atoms with E-state index in [0.29, 0.717) is 0 Å². The molecule has 0 saturated carbocycles. The van der Waals surface area contributed by atoms with E-state index in [4.69, 9.17) is 5.11 Å². The van der Waals surface area contributed by atoms with Crippen LogP contribution >= 0.6 is 0 Å². The quantitative estimate of drug-likeness (QED) is 0.472. The highest BCUT2D eigenvalue weighted by atomic mass is 16.9. The van der Waals surface area contributed by atoms with E-state index in [0.717, 1.165) is 4.90 Å². The van der Waals surface area contributed by atoms with Crippen LogP contribution in [0.25, 0.3) is 0 Å². The van der Waals surface area contributed by atoms with Crippen molar-refractivity contribution >= 4 is 12.2 Å². The Morgan fingerprint density at radius 3 is 2.94 bits per heavy atom. The third-order valence-corrected chi connectivity index (χ3v) is 1.81. The summed E-state index contributed by atoms with van der Waals surface area (Å²) in [7, 11) is 0. The van der Waals surface area contributed by atoms with Gasteiger partial charge in [0.2, 0.25) is 0 Å². The number of carbonyl (C=O) groups is 2. The Balaban J connectivity index is 2.44. The molecule has 1 rings (SSSR count). The molecule has 2 N–H and O–H groups in total. The molecule has 1 fully saturated rings. The van der Waals surface area contributed by atoms with E-state index < -0.39 is 30.0 Å². The molecule has 0 bridgehead atoms. The first-order chi connectivity index (χ1) is 7.50. The van der Waals surface area contributed by atoms with Gasteiger partial charge in [-0.1, -0.05) is 0 Å². The predicted molar refractivity (Wildman–Crippen MR) is 45.9 cm³/mol. The number of nitrogens with one attached hydrogen (secondary N) is 1. The molecule has 2 amide bonds. The molecule has 1 atom stereocenters. The number of amides is 2. The lowest BCUT2D eigenvalue weighted by Crippen LogP contribution is -2.48. The van der Waals surface area contributed by atoms with Crippen LogP contribution in [-0.4, -0.2) is 53.2 Å². The first-order valence-corrected chi connectivity index (χ1v) is 4.21. The minimum absolute atomic E-state index is 0.135. The van der Waals surface area contributed by atoms with E-state index in [1.165, 1.54) is 0 Å². The fraction of sp³-hybridized carbons (Fsp3) is 0.667. The van der Waals surface area contributed by atoms with Crippen LogP contribution in [-0.2, 0) is 9.57 Å². The summed E-state index contributed by atoms with van der Waals surface area (Å²) in [4.78, 5) is 36.0. The molecule has 0 aromatic rings. The van der Waals surface area contributed by atoms with Gasteiger partial charge in [-0.2, -0.15) is 0 Å². The van der Waals surface area contributed by atoms with Crippen molar-refractivity contribution in [1.29, 1.82) is 0 Å². The number of hydrogen-bond donors (Lipinski definition) is 2. The molecular weight excluding hydrogens is 226 g/mol. The van der Waals surface area contributed by atoms with E-state index in [1.54, 1.807) is 0 Å². The summed E-state index contributed by atoms with van der Waals surface area (Å²) in [5.41, 5.74) is 0. The summed E-state index contributed by atoms with van der Waals surface area (Å²) >= 11 is 0. The maximum Gasteiger partial charge on any atom is 0.409 e. The average Bonchev–Trinajstić information content (AvgIpc) is 2.58. The molecule has 1 aliphatic rings. The van der Waals surface area contributed by atoms with Crippen LogP contribution in [0.3, 0.4) is 0 Å². The normalized spacial score (nSPS) is 18.5. The first-order valence-electron chi connectivity index (χ1n) is 4.21. The molecule has 10 heteroatoms. The fourth-order valence-electron chi connectivity index (χ4n) is 1.14. The van der Waals surface area contributed by atoms with Crippen LogP contribution in [0.5, 0.6) is 0 Å². The Morgan fingerprint density at radius 2 is 2.50 bits per heavy atom. The van der Waals surface area contributed by atoms with Crippen molar-refractivity contribution in [3.05, 3.63) is 10.1 Å². The highest BCUT2D eigenvalue weighted by Gasteiger charge is 2.31. The van der Waals surface area contributed by atoms with Gasteiger partial charge in [0, 0.05) is 6.54 Å². The first kappa shape index (κ1) is 11.8. The maximum atomic E-state index is 10.8. The second-order valence-corrected chi connectivity index (χ2v) is 2.79. The summed E-state index contributed by atoms with van der Waals surface area (Å²) in [6, 6.07) is 0. The lowest BCUT2D eigenvalue weighted by molar-refractivity contribution is -0.757. The summed E-state index contributed by atoms with van der Waals surface area (Å²) in [6.07, 6.45) is -2.91. The van der Waals surface area contributed by atoms with E-state index in [-0.39, 0.29) is 13.2 Å². The van der Waals surface area contributed by atoms with Gasteiger partial charge >= 0.3 is 12.2 Å². The zero-order valence-corrected chi connectivity index (χ0v) is 7.99. The number of hydrogen-bond acceptors (Lipinski definition) is 6. The molecule has 10 nitrogen and oxygen atoms in total. The molecule has 0 radical (unpaired) electrons. The number of ether oxygens (including phenoxy) is 1. The second-order valence-electron chi connectivity index (χ2n) is 2.79. The molecule has 0 aromatic heterocycles. The van der Waals surface area contributed by atoms with Gasteiger partial charge in [0.25, 0.3) is 5.09 Å². The number of cyclic esters (lactones) is 1. The molecule has 0 aromatic carbocycles. The molecule has 1 heterocycles. The van der Waals surface area contributed by atoms with Gasteiger partial charge in [0.05, 0.1) is 0 Å². The number of carbonyl (C=O) groups excluding carboxylic acids is 1. The van der Waals surface area contributed by atoms with Gasteiger partial charge in [0.1, 0.15) is 19.4 Å². The van der Waals surface area contributed by atoms with E-state index in [2.05, 4.69) is 14.9 Å². The standard InChI is InChI=1S/C6H9N3O7/c10-5-7-4(3-15-5)8(6(11)12)1-2-16-9(13)14/h4H,1-3H2,(H,7,10)(H,11,12). The number of nitrogens with zero attached hydrogens (tertiary/aromatic N) is 2. The molecule has 1 aliphatic heterocycles. The van der Waals surface area contributed by atoms with Crippen molar-refractivity contribution in [3.63, 3.8) is 0 Å². The van der Waals surface area contributed by atoms with Crippen molar-refractivity contribution in [2.24, 2.45) is 0 Å². The Hall–Kier alpha value is -2.26. The zero-order chi connectivity index (χ0) is 12.1. The molecule has 1 unspecified atom stereocenters. The van der Waals surface area contributed by atoms with Crippen molar-refractivity contribution < 1.29 is 29.4 Å². The average molecular weight is 235 g/mol. The molecule has 1 saturated heterocycles. The molecule has 90 valence electrons. The monoisotopic (exact) mass is 235 g/mol. The minimum atomic E-state index is -1.33. The van der Waals surface area contributed by atoms with Gasteiger partial charge in [-0.05, 0) is 0 Å². The molecule has 0 spiro atoms. The van der Waals surface area contributed by atoms with Gasteiger partial charge in [0.15, 0.2) is 0 Å². The number of alkyl carbamates (subject to hydrolysis) is 1. The number of carboxylic acid groups (broad SMARTS) is 1. The van der Waals surface area contributed by atoms with Crippen LogP contribution < -0.4 is 5.32 Å². The van der Waals surface area contributed by atoms with E-state index >= 15 is 0 Å². The van der Waals surface area contributed by atoms with Crippen LogP contribution in [0.15, 0.2) is 0 Å². The fourth-order valence-corrected chi connectivity index (χ4v) is 1.14. The van der Waals surface area contributed by atoms with E-state index in [9.17, 15) is 19.7 Å². The van der Waals surface area contributed by atoms with Crippen molar-refractivity contribution in [1.82, 2.24) is 10.2 Å². The highest BCUT2D eigenvalue weighted by molar-refractivity contribution is 5.72. The van der Waals surface area contributed by atoms with Gasteiger partial charge in [-0.15, -0.1) is 10.1 Å². The minimum Gasteiger partial charge on any atom is -0.465 e. The Bertz CT molecular complexity index is 306. The smallest absolute Gasteiger partial charge is 0.409 e. The third kappa shape index (κ3) is 3.15. The molecular formula is C6H9N3O7. The maximum absolute atomic E-state index is 10.8. The zero-order valence-electron chi connectivity index (χ0n) is 7.99. The number of rotatable bonds is 5. The SMILES string of the molecule is O=C1NC(N(CCO[N+](=O)[O-])C(=O)O)CO1. The molecule has 0 aliphatic carbocycles. The summed E-state index contributed by atoms with van der Waals surface area (Å²) in [5, 5.41) is 19.8. The summed E-state index contributed by atoms with van der Waals surface area (Å²) in [5.74, 6) is 0. The largest absolute Gasteiger partial charge is 0.465 e. The summed E-state index contributed by atoms with van der Waals surface area (Å²) < 4.78 is 4.49. The van der Waals surface area contributed by atoms with Crippen LogP contribution in [0, 0.1) is 10.1 Å². The van der Waals surface area contributed by atoms with Gasteiger partial charge < -0.3 is 14.7 Å². The topological polar surface area (TPSA) is 131 Å². The highest BCUT2D eigenvalue weighted by Crippen LogP contribution is 2.04. The Labute approximate surface area is 88.8 Å². The van der Waals surface area contributed by atoms with E-state index in [1.807, 2.05) is 0 Å². The molecule has 16 heavy (non-hydrogen) atoms. The van der Waals surface area contributed by atoms with Crippen molar-refractivity contribution in [2.45, 2.75) is 6.17 Å². The van der Waals surface area contributed by atoms with Crippen molar-refractivity contribution in [3.8, 4) is 0 Å². The van der Waals surface area contributed by atoms with Crippen LogP contribution in [0.4, 0.5) is 9.59 Å². The lowest BCUT2D eigenvalue weighted by Gasteiger charge is -2.23. The van der Waals surface area contributed by atoms with Crippen LogP contribution in [0.2, 0.25) is 0 Å². The Kier molecular flexibility index (Phi) is 3.69. The van der Waals surface area contributed by atoms with Gasteiger partial charge in [-0.3, -0.25) is 10.2 Å². The van der Waals surface area contributed by atoms with Gasteiger partial charge in [-0.25, -0.2) is 9.59 Å². The van der Waals surface area contributed by atoms with Crippen LogP contribution in [0.1, 0.15) is 0 Å². The lowest BCUT2D eigenvalue weighted by atomic mass is 10.4. The second kappa shape index (κ2) is 5.00. The summed E-state index contributed by atoms with van der Waals surface area (Å²) in [6.45, 7) is -0.792. The Morgan fingerprint density at radius 1 is 1.81 bits per heavy atom. The van der Waals surface area contributed by atoms with Crippen molar-refractivity contribution in [2.75, 3.05) is 19.8 Å².